The molecule has 120 valence electrons. The highest BCUT2D eigenvalue weighted by Gasteiger charge is 2.24. The van der Waals surface area contributed by atoms with Crippen molar-refractivity contribution in [3.8, 4) is 5.75 Å². The van der Waals surface area contributed by atoms with Crippen LogP contribution in [0.3, 0.4) is 0 Å². The highest BCUT2D eigenvalue weighted by atomic mass is 79.9. The Labute approximate surface area is 141 Å². The van der Waals surface area contributed by atoms with Gasteiger partial charge in [-0.1, -0.05) is 22.9 Å². The summed E-state index contributed by atoms with van der Waals surface area (Å²) in [5.74, 6) is 1.23. The molecule has 0 bridgehead atoms. The van der Waals surface area contributed by atoms with Crippen LogP contribution in [0.4, 0.5) is 0 Å². The zero-order valence-electron chi connectivity index (χ0n) is 12.3. The molecule has 0 aromatic heterocycles. The van der Waals surface area contributed by atoms with E-state index in [0.29, 0.717) is 12.5 Å². The minimum Gasteiger partial charge on any atom is -0.493 e. The molecule has 1 aromatic rings. The Morgan fingerprint density at radius 1 is 1.43 bits per heavy atom. The number of hydrogen-bond acceptors (Lipinski definition) is 4. The van der Waals surface area contributed by atoms with Crippen molar-refractivity contribution in [1.29, 1.82) is 0 Å². The Bertz CT molecular complexity index is 434. The van der Waals surface area contributed by atoms with Gasteiger partial charge in [-0.05, 0) is 24.6 Å². The van der Waals surface area contributed by atoms with Gasteiger partial charge < -0.3 is 20.5 Å². The van der Waals surface area contributed by atoms with E-state index in [1.165, 1.54) is 0 Å². The van der Waals surface area contributed by atoms with Crippen LogP contribution >= 0.6 is 28.3 Å². The number of β-amino-alcohol motifs (C(OH)–C–C–N with tert-alkyl or cyclic N) is 1. The summed E-state index contributed by atoms with van der Waals surface area (Å²) in [6.45, 7) is 5.99. The third-order valence-corrected chi connectivity index (χ3v) is 4.00. The largest absolute Gasteiger partial charge is 0.493 e. The lowest BCUT2D eigenvalue weighted by Gasteiger charge is -2.16. The van der Waals surface area contributed by atoms with Crippen molar-refractivity contribution in [2.45, 2.75) is 26.0 Å². The maximum Gasteiger partial charge on any atom is 0.123 e. The Hall–Kier alpha value is -0.330. The van der Waals surface area contributed by atoms with Crippen molar-refractivity contribution >= 4 is 28.3 Å². The van der Waals surface area contributed by atoms with Crippen molar-refractivity contribution in [1.82, 2.24) is 10.6 Å². The molecule has 0 radical (unpaired) electrons. The fourth-order valence-corrected chi connectivity index (χ4v) is 2.77. The van der Waals surface area contributed by atoms with E-state index in [2.05, 4.69) is 39.6 Å². The standard InChI is InChI=1S/C15H23BrN2O2.ClH/c1-2-5-20-15-4-3-13(16)6-11(15)7-17-8-12-9-18-10-14(12)19;/h3-4,6,12,14,17-19H,2,5,7-10H2,1H3;1H. The maximum atomic E-state index is 9.77. The first kappa shape index (κ1) is 18.7. The van der Waals surface area contributed by atoms with Crippen molar-refractivity contribution < 1.29 is 9.84 Å². The van der Waals surface area contributed by atoms with Gasteiger partial charge in [0.25, 0.3) is 0 Å². The molecule has 0 spiro atoms. The maximum absolute atomic E-state index is 9.77. The fraction of sp³-hybridized carbons (Fsp3) is 0.600. The third kappa shape index (κ3) is 5.75. The zero-order valence-corrected chi connectivity index (χ0v) is 14.7. The van der Waals surface area contributed by atoms with Crippen LogP contribution in [0, 0.1) is 5.92 Å². The molecular weight excluding hydrogens is 356 g/mol. The van der Waals surface area contributed by atoms with Gasteiger partial charge in [-0.3, -0.25) is 0 Å². The first-order valence-electron chi connectivity index (χ1n) is 7.21. The molecule has 3 N–H and O–H groups in total. The molecule has 1 saturated heterocycles. The van der Waals surface area contributed by atoms with E-state index in [-0.39, 0.29) is 18.5 Å². The third-order valence-electron chi connectivity index (χ3n) is 3.51. The fourth-order valence-electron chi connectivity index (χ4n) is 2.36. The second kappa shape index (κ2) is 9.64. The van der Waals surface area contributed by atoms with E-state index < -0.39 is 0 Å². The van der Waals surface area contributed by atoms with Gasteiger partial charge in [0.2, 0.25) is 0 Å². The highest BCUT2D eigenvalue weighted by molar-refractivity contribution is 9.10. The van der Waals surface area contributed by atoms with Crippen LogP contribution in [0.5, 0.6) is 5.75 Å². The lowest BCUT2D eigenvalue weighted by Crippen LogP contribution is -2.30. The van der Waals surface area contributed by atoms with Gasteiger partial charge in [0.05, 0.1) is 12.7 Å². The minimum atomic E-state index is -0.235. The smallest absolute Gasteiger partial charge is 0.123 e. The predicted molar refractivity (Wildman–Crippen MR) is 91.2 cm³/mol. The first-order chi connectivity index (χ1) is 9.70. The van der Waals surface area contributed by atoms with E-state index >= 15 is 0 Å². The zero-order chi connectivity index (χ0) is 14.4. The molecule has 1 heterocycles. The molecule has 0 aliphatic carbocycles. The summed E-state index contributed by atoms with van der Waals surface area (Å²) in [6, 6.07) is 6.09. The molecule has 1 fully saturated rings. The van der Waals surface area contributed by atoms with Crippen LogP contribution in [-0.2, 0) is 6.54 Å². The summed E-state index contributed by atoms with van der Waals surface area (Å²) in [4.78, 5) is 0. The molecule has 0 saturated carbocycles. The summed E-state index contributed by atoms with van der Waals surface area (Å²) >= 11 is 3.50. The van der Waals surface area contributed by atoms with E-state index in [4.69, 9.17) is 4.74 Å². The van der Waals surface area contributed by atoms with Gasteiger partial charge in [0.1, 0.15) is 5.75 Å². The van der Waals surface area contributed by atoms with Crippen LogP contribution in [0.25, 0.3) is 0 Å². The number of nitrogens with one attached hydrogen (secondary N) is 2. The van der Waals surface area contributed by atoms with Crippen LogP contribution in [-0.4, -0.2) is 37.5 Å². The van der Waals surface area contributed by atoms with Crippen LogP contribution in [0.15, 0.2) is 22.7 Å². The number of halogens is 2. The molecule has 1 aliphatic heterocycles. The summed E-state index contributed by atoms with van der Waals surface area (Å²) in [7, 11) is 0. The van der Waals surface area contributed by atoms with Crippen molar-refractivity contribution in [2.75, 3.05) is 26.2 Å². The van der Waals surface area contributed by atoms with Gasteiger partial charge in [-0.25, -0.2) is 0 Å². The summed E-state index contributed by atoms with van der Waals surface area (Å²) < 4.78 is 6.82. The van der Waals surface area contributed by atoms with Crippen LogP contribution in [0.1, 0.15) is 18.9 Å². The van der Waals surface area contributed by atoms with Crippen molar-refractivity contribution in [3.05, 3.63) is 28.2 Å². The molecule has 2 atom stereocenters. The number of rotatable bonds is 7. The summed E-state index contributed by atoms with van der Waals surface area (Å²) in [5.41, 5.74) is 1.15. The molecule has 1 aliphatic rings. The summed E-state index contributed by atoms with van der Waals surface area (Å²) in [5, 5.41) is 16.4. The van der Waals surface area contributed by atoms with Gasteiger partial charge in [-0.15, -0.1) is 12.4 Å². The molecule has 2 rings (SSSR count). The number of aliphatic hydroxyl groups is 1. The van der Waals surface area contributed by atoms with Gasteiger partial charge >= 0.3 is 0 Å². The lowest BCUT2D eigenvalue weighted by molar-refractivity contribution is 0.146. The highest BCUT2D eigenvalue weighted by Crippen LogP contribution is 2.23. The number of benzene rings is 1. The first-order valence-corrected chi connectivity index (χ1v) is 8.00. The summed E-state index contributed by atoms with van der Waals surface area (Å²) in [6.07, 6.45) is 0.767. The Balaban J connectivity index is 0.00000220. The lowest BCUT2D eigenvalue weighted by atomic mass is 10.1. The molecule has 0 amide bonds. The normalized spacial score (nSPS) is 21.1. The van der Waals surface area contributed by atoms with E-state index in [9.17, 15) is 5.11 Å². The predicted octanol–water partition coefficient (Wildman–Crippen LogP) is 2.33. The molecule has 2 unspecified atom stereocenters. The van der Waals surface area contributed by atoms with Gasteiger partial charge in [0.15, 0.2) is 0 Å². The van der Waals surface area contributed by atoms with Crippen molar-refractivity contribution in [2.24, 2.45) is 5.92 Å². The molecular formula is C15H24BrClN2O2. The average Bonchev–Trinajstić information content (AvgIpc) is 2.84. The van der Waals surface area contributed by atoms with E-state index in [0.717, 1.165) is 48.4 Å². The minimum absolute atomic E-state index is 0. The van der Waals surface area contributed by atoms with E-state index in [1.807, 2.05) is 12.1 Å². The number of hydrogen-bond donors (Lipinski definition) is 3. The quantitative estimate of drug-likeness (QED) is 0.680. The molecule has 1 aromatic carbocycles. The van der Waals surface area contributed by atoms with Gasteiger partial charge in [-0.2, -0.15) is 0 Å². The monoisotopic (exact) mass is 378 g/mol. The average molecular weight is 380 g/mol. The second-order valence-electron chi connectivity index (χ2n) is 5.22. The number of ether oxygens (including phenoxy) is 1. The number of aliphatic hydroxyl groups excluding tert-OH is 1. The van der Waals surface area contributed by atoms with Gasteiger partial charge in [0, 0.05) is 42.1 Å². The topological polar surface area (TPSA) is 53.5 Å². The second-order valence-corrected chi connectivity index (χ2v) is 6.13. The SMILES string of the molecule is CCCOc1ccc(Br)cc1CNCC1CNCC1O.Cl. The van der Waals surface area contributed by atoms with Crippen molar-refractivity contribution in [3.63, 3.8) is 0 Å². The molecule has 21 heavy (non-hydrogen) atoms. The molecule has 4 nitrogen and oxygen atoms in total. The van der Waals surface area contributed by atoms with Crippen LogP contribution in [0.2, 0.25) is 0 Å². The van der Waals surface area contributed by atoms with Crippen LogP contribution < -0.4 is 15.4 Å². The van der Waals surface area contributed by atoms with E-state index in [1.54, 1.807) is 0 Å². The Morgan fingerprint density at radius 2 is 2.24 bits per heavy atom. The molecule has 6 heteroatoms. The Morgan fingerprint density at radius 3 is 2.90 bits per heavy atom. The Kier molecular flexibility index (Phi) is 8.59.